The third kappa shape index (κ3) is 3.70. The van der Waals surface area contributed by atoms with Gasteiger partial charge in [0, 0.05) is 38.4 Å². The number of piperazine rings is 1. The topological polar surface area (TPSA) is 6.48 Å². The van der Waals surface area contributed by atoms with Gasteiger partial charge in [-0.05, 0) is 29.7 Å². The Morgan fingerprint density at radius 2 is 1.56 bits per heavy atom. The van der Waals surface area contributed by atoms with Crippen LogP contribution in [0.2, 0.25) is 0 Å². The van der Waals surface area contributed by atoms with E-state index < -0.39 is 0 Å². The molecule has 18 heavy (non-hydrogen) atoms. The van der Waals surface area contributed by atoms with E-state index in [9.17, 15) is 4.39 Å². The number of nitrogens with zero attached hydrogens (tertiary/aromatic N) is 2. The van der Waals surface area contributed by atoms with Crippen LogP contribution in [0.25, 0.3) is 0 Å². The predicted octanol–water partition coefficient (Wildman–Crippen LogP) is 2.99. The normalized spacial score (nSPS) is 18.1. The first-order valence-corrected chi connectivity index (χ1v) is 6.67. The number of rotatable bonds is 2. The fraction of sp³-hybridized carbons (Fsp3) is 0.600. The largest absolute Gasteiger partial charge is 0.369 e. The molecular weight excluding hydrogens is 227 g/mol. The van der Waals surface area contributed by atoms with Gasteiger partial charge in [-0.3, -0.25) is 4.90 Å². The standard InChI is InChI=1S/C15H23FN2/c1-15(2,3)12-17-8-10-18(11-9-17)14-6-4-13(16)5-7-14/h4-7H,8-12H2,1-3H3. The lowest BCUT2D eigenvalue weighted by Crippen LogP contribution is -2.48. The zero-order valence-corrected chi connectivity index (χ0v) is 11.6. The first-order valence-electron chi connectivity index (χ1n) is 6.67. The lowest BCUT2D eigenvalue weighted by atomic mass is 9.96. The van der Waals surface area contributed by atoms with Crippen LogP contribution in [0.4, 0.5) is 10.1 Å². The molecule has 2 rings (SSSR count). The molecule has 0 radical (unpaired) electrons. The van der Waals surface area contributed by atoms with Gasteiger partial charge in [-0.1, -0.05) is 20.8 Å². The predicted molar refractivity (Wildman–Crippen MR) is 74.5 cm³/mol. The molecule has 2 nitrogen and oxygen atoms in total. The molecule has 1 saturated heterocycles. The maximum atomic E-state index is 12.9. The van der Waals surface area contributed by atoms with Crippen molar-refractivity contribution in [2.45, 2.75) is 20.8 Å². The number of anilines is 1. The Kier molecular flexibility index (Phi) is 3.91. The van der Waals surface area contributed by atoms with Crippen molar-refractivity contribution in [3.05, 3.63) is 30.1 Å². The van der Waals surface area contributed by atoms with E-state index in [4.69, 9.17) is 0 Å². The van der Waals surface area contributed by atoms with Crippen LogP contribution in [0, 0.1) is 11.2 Å². The number of hydrogen-bond acceptors (Lipinski definition) is 2. The number of hydrogen-bond donors (Lipinski definition) is 0. The molecule has 0 aromatic heterocycles. The Balaban J connectivity index is 1.88. The van der Waals surface area contributed by atoms with Crippen LogP contribution in [0.15, 0.2) is 24.3 Å². The summed E-state index contributed by atoms with van der Waals surface area (Å²) >= 11 is 0. The summed E-state index contributed by atoms with van der Waals surface area (Å²) in [6.45, 7) is 12.2. The molecule has 100 valence electrons. The lowest BCUT2D eigenvalue weighted by molar-refractivity contribution is 0.182. The van der Waals surface area contributed by atoms with E-state index in [1.165, 1.54) is 12.1 Å². The fourth-order valence-corrected chi connectivity index (χ4v) is 2.49. The van der Waals surface area contributed by atoms with Crippen molar-refractivity contribution in [1.29, 1.82) is 0 Å². The van der Waals surface area contributed by atoms with Crippen molar-refractivity contribution >= 4 is 5.69 Å². The van der Waals surface area contributed by atoms with Crippen LogP contribution < -0.4 is 4.90 Å². The van der Waals surface area contributed by atoms with E-state index in [1.807, 2.05) is 12.1 Å². The lowest BCUT2D eigenvalue weighted by Gasteiger charge is -2.38. The number of halogens is 1. The summed E-state index contributed by atoms with van der Waals surface area (Å²) in [5.74, 6) is -0.162. The van der Waals surface area contributed by atoms with E-state index in [1.54, 1.807) is 0 Å². The molecule has 3 heteroatoms. The summed E-state index contributed by atoms with van der Waals surface area (Å²) in [7, 11) is 0. The van der Waals surface area contributed by atoms with E-state index in [-0.39, 0.29) is 5.82 Å². The molecule has 0 amide bonds. The molecule has 1 aliphatic heterocycles. The molecule has 1 aromatic carbocycles. The van der Waals surface area contributed by atoms with Gasteiger partial charge in [0.25, 0.3) is 0 Å². The average molecular weight is 250 g/mol. The van der Waals surface area contributed by atoms with Gasteiger partial charge in [0.1, 0.15) is 5.82 Å². The minimum atomic E-state index is -0.162. The smallest absolute Gasteiger partial charge is 0.123 e. The van der Waals surface area contributed by atoms with E-state index in [0.717, 1.165) is 38.4 Å². The van der Waals surface area contributed by atoms with Crippen LogP contribution in [0.1, 0.15) is 20.8 Å². The van der Waals surface area contributed by atoms with Crippen molar-refractivity contribution in [3.8, 4) is 0 Å². The molecule has 1 aromatic rings. The van der Waals surface area contributed by atoms with Crippen LogP contribution in [-0.4, -0.2) is 37.6 Å². The quantitative estimate of drug-likeness (QED) is 0.796. The molecule has 0 bridgehead atoms. The minimum absolute atomic E-state index is 0.162. The highest BCUT2D eigenvalue weighted by molar-refractivity contribution is 5.46. The highest BCUT2D eigenvalue weighted by Gasteiger charge is 2.21. The highest BCUT2D eigenvalue weighted by Crippen LogP contribution is 2.20. The Hall–Kier alpha value is -1.09. The Morgan fingerprint density at radius 1 is 1.00 bits per heavy atom. The molecule has 0 atom stereocenters. The summed E-state index contributed by atoms with van der Waals surface area (Å²) in [6, 6.07) is 6.82. The van der Waals surface area contributed by atoms with E-state index in [2.05, 4.69) is 30.6 Å². The molecule has 0 aliphatic carbocycles. The molecule has 1 heterocycles. The molecule has 1 aliphatic rings. The van der Waals surface area contributed by atoms with Crippen LogP contribution in [0.5, 0.6) is 0 Å². The van der Waals surface area contributed by atoms with Crippen molar-refractivity contribution in [2.24, 2.45) is 5.41 Å². The summed E-state index contributed by atoms with van der Waals surface area (Å²) in [6.07, 6.45) is 0. The van der Waals surface area contributed by atoms with Gasteiger partial charge in [0.15, 0.2) is 0 Å². The van der Waals surface area contributed by atoms with Gasteiger partial charge in [0.2, 0.25) is 0 Å². The van der Waals surface area contributed by atoms with Crippen molar-refractivity contribution in [1.82, 2.24) is 4.90 Å². The summed E-state index contributed by atoms with van der Waals surface area (Å²) in [4.78, 5) is 4.85. The van der Waals surface area contributed by atoms with E-state index >= 15 is 0 Å². The second kappa shape index (κ2) is 5.27. The fourth-order valence-electron chi connectivity index (χ4n) is 2.49. The van der Waals surface area contributed by atoms with E-state index in [0.29, 0.717) is 5.41 Å². The van der Waals surface area contributed by atoms with Gasteiger partial charge in [-0.25, -0.2) is 4.39 Å². The Morgan fingerprint density at radius 3 is 2.06 bits per heavy atom. The van der Waals surface area contributed by atoms with Crippen LogP contribution >= 0.6 is 0 Å². The first kappa shape index (κ1) is 13.3. The first-order chi connectivity index (χ1) is 8.44. The van der Waals surface area contributed by atoms with Gasteiger partial charge in [-0.15, -0.1) is 0 Å². The second-order valence-electron chi connectivity index (χ2n) is 6.30. The van der Waals surface area contributed by atoms with Crippen LogP contribution in [-0.2, 0) is 0 Å². The molecule has 0 saturated carbocycles. The van der Waals surface area contributed by atoms with Gasteiger partial charge in [0.05, 0.1) is 0 Å². The van der Waals surface area contributed by atoms with Gasteiger partial charge in [-0.2, -0.15) is 0 Å². The summed E-state index contributed by atoms with van der Waals surface area (Å²) < 4.78 is 12.9. The summed E-state index contributed by atoms with van der Waals surface area (Å²) in [5, 5.41) is 0. The molecular formula is C15H23FN2. The zero-order chi connectivity index (χ0) is 13.2. The van der Waals surface area contributed by atoms with Crippen molar-refractivity contribution in [3.63, 3.8) is 0 Å². The highest BCUT2D eigenvalue weighted by atomic mass is 19.1. The molecule has 0 unspecified atom stereocenters. The third-order valence-corrected chi connectivity index (χ3v) is 3.26. The third-order valence-electron chi connectivity index (χ3n) is 3.26. The molecule has 0 spiro atoms. The van der Waals surface area contributed by atoms with Crippen molar-refractivity contribution < 1.29 is 4.39 Å². The van der Waals surface area contributed by atoms with Gasteiger partial charge >= 0.3 is 0 Å². The zero-order valence-electron chi connectivity index (χ0n) is 11.6. The monoisotopic (exact) mass is 250 g/mol. The maximum absolute atomic E-state index is 12.9. The molecule has 0 N–H and O–H groups in total. The maximum Gasteiger partial charge on any atom is 0.123 e. The average Bonchev–Trinajstić information content (AvgIpc) is 2.29. The Labute approximate surface area is 109 Å². The van der Waals surface area contributed by atoms with Gasteiger partial charge < -0.3 is 4.90 Å². The SMILES string of the molecule is CC(C)(C)CN1CCN(c2ccc(F)cc2)CC1. The number of benzene rings is 1. The molecule has 1 fully saturated rings. The second-order valence-corrected chi connectivity index (χ2v) is 6.30. The van der Waals surface area contributed by atoms with Crippen LogP contribution in [0.3, 0.4) is 0 Å². The van der Waals surface area contributed by atoms with Crippen molar-refractivity contribution in [2.75, 3.05) is 37.6 Å². The Bertz CT molecular complexity index is 372. The minimum Gasteiger partial charge on any atom is -0.369 e. The summed E-state index contributed by atoms with van der Waals surface area (Å²) in [5.41, 5.74) is 1.49.